The summed E-state index contributed by atoms with van der Waals surface area (Å²) in [7, 11) is 0. The van der Waals surface area contributed by atoms with E-state index in [-0.39, 0.29) is 43.6 Å². The summed E-state index contributed by atoms with van der Waals surface area (Å²) in [6, 6.07) is 4.74. The van der Waals surface area contributed by atoms with Crippen LogP contribution in [0.25, 0.3) is 0 Å². The molecule has 11 nitrogen and oxygen atoms in total. The minimum absolute atomic E-state index is 0.0654. The van der Waals surface area contributed by atoms with Crippen LogP contribution in [0.15, 0.2) is 30.6 Å². The molecule has 0 bridgehead atoms. The predicted molar refractivity (Wildman–Crippen MR) is 122 cm³/mol. The van der Waals surface area contributed by atoms with Crippen LogP contribution in [0.4, 0.5) is 14.6 Å². The third-order valence-corrected chi connectivity index (χ3v) is 5.52. The smallest absolute Gasteiger partial charge is 0.273 e. The van der Waals surface area contributed by atoms with E-state index in [9.17, 15) is 18.4 Å². The molecule has 1 fully saturated rings. The Balaban J connectivity index is 1.15. The van der Waals surface area contributed by atoms with E-state index in [2.05, 4.69) is 31.3 Å². The van der Waals surface area contributed by atoms with Gasteiger partial charge in [0.25, 0.3) is 5.91 Å². The van der Waals surface area contributed by atoms with Gasteiger partial charge in [0, 0.05) is 38.3 Å². The standard InChI is InChI=1S/C22H27F2N9O2/c1-15-4-5-18(24)16(8-15)9-25-22(35)19-12-32(29-27-19)6-2-3-7-33-13-20(28-30-33)26-21(34)14-31-10-17(23)11-31/h4-5,8,12-13,17H,2-3,6-7,9-11,14H2,1H3,(H,25,35)(H,26,34). The zero-order chi connectivity index (χ0) is 24.8. The van der Waals surface area contributed by atoms with E-state index < -0.39 is 12.1 Å². The molecule has 0 atom stereocenters. The Morgan fingerprint density at radius 3 is 2.54 bits per heavy atom. The summed E-state index contributed by atoms with van der Waals surface area (Å²) in [6.07, 6.45) is 3.85. The molecule has 2 amide bonds. The van der Waals surface area contributed by atoms with Crippen LogP contribution in [0.1, 0.15) is 34.5 Å². The zero-order valence-corrected chi connectivity index (χ0v) is 19.3. The van der Waals surface area contributed by atoms with Gasteiger partial charge in [0.1, 0.15) is 12.0 Å². The average Bonchev–Trinajstić information content (AvgIpc) is 3.46. The van der Waals surface area contributed by atoms with Crippen LogP contribution in [0.2, 0.25) is 0 Å². The zero-order valence-electron chi connectivity index (χ0n) is 19.3. The molecule has 0 radical (unpaired) electrons. The molecule has 0 aliphatic carbocycles. The summed E-state index contributed by atoms with van der Waals surface area (Å²) in [5.41, 5.74) is 1.48. The number of aromatic nitrogens is 6. The van der Waals surface area contributed by atoms with Crippen molar-refractivity contribution in [2.24, 2.45) is 0 Å². The van der Waals surface area contributed by atoms with Gasteiger partial charge in [0.15, 0.2) is 11.5 Å². The van der Waals surface area contributed by atoms with Crippen LogP contribution in [0.5, 0.6) is 0 Å². The fraction of sp³-hybridized carbons (Fsp3) is 0.455. The van der Waals surface area contributed by atoms with Gasteiger partial charge in [-0.3, -0.25) is 23.9 Å². The molecule has 1 aromatic carbocycles. The van der Waals surface area contributed by atoms with Crippen LogP contribution in [-0.4, -0.2) is 72.5 Å². The molecule has 1 saturated heterocycles. The number of unbranched alkanes of at least 4 members (excludes halogenated alkanes) is 1. The molecule has 4 rings (SSSR count). The van der Waals surface area contributed by atoms with Gasteiger partial charge in [-0.25, -0.2) is 8.78 Å². The second-order valence-electron chi connectivity index (χ2n) is 8.56. The number of carbonyl (C=O) groups excluding carboxylic acids is 2. The minimum Gasteiger partial charge on any atom is -0.346 e. The van der Waals surface area contributed by atoms with Crippen LogP contribution in [0, 0.1) is 12.7 Å². The van der Waals surface area contributed by atoms with E-state index >= 15 is 0 Å². The maximum absolute atomic E-state index is 13.8. The molecule has 1 aliphatic heterocycles. The number of carbonyl (C=O) groups is 2. The van der Waals surface area contributed by atoms with Crippen molar-refractivity contribution in [3.63, 3.8) is 0 Å². The molecule has 2 aromatic heterocycles. The van der Waals surface area contributed by atoms with Crippen LogP contribution in [-0.2, 0) is 24.4 Å². The van der Waals surface area contributed by atoms with Crippen molar-refractivity contribution in [2.75, 3.05) is 25.0 Å². The molecule has 0 spiro atoms. The third-order valence-electron chi connectivity index (χ3n) is 5.52. The first kappa shape index (κ1) is 24.4. The highest BCUT2D eigenvalue weighted by molar-refractivity contribution is 5.92. The Kier molecular flexibility index (Phi) is 7.75. The lowest BCUT2D eigenvalue weighted by Crippen LogP contribution is -2.51. The lowest BCUT2D eigenvalue weighted by atomic mass is 10.1. The first-order valence-electron chi connectivity index (χ1n) is 11.4. The van der Waals surface area contributed by atoms with E-state index in [4.69, 9.17) is 0 Å². The quantitative estimate of drug-likeness (QED) is 0.391. The molecule has 3 heterocycles. The van der Waals surface area contributed by atoms with Gasteiger partial charge in [-0.05, 0) is 25.8 Å². The van der Waals surface area contributed by atoms with Crippen molar-refractivity contribution < 1.29 is 18.4 Å². The lowest BCUT2D eigenvalue weighted by molar-refractivity contribution is -0.119. The van der Waals surface area contributed by atoms with E-state index in [0.717, 1.165) is 18.4 Å². The van der Waals surface area contributed by atoms with Crippen molar-refractivity contribution in [1.29, 1.82) is 0 Å². The number of alkyl halides is 1. The van der Waals surface area contributed by atoms with Gasteiger partial charge >= 0.3 is 0 Å². The molecule has 3 aromatic rings. The van der Waals surface area contributed by atoms with Crippen LogP contribution < -0.4 is 10.6 Å². The van der Waals surface area contributed by atoms with Crippen LogP contribution >= 0.6 is 0 Å². The number of aryl methyl sites for hydroxylation is 3. The normalized spacial score (nSPS) is 14.0. The fourth-order valence-electron chi connectivity index (χ4n) is 3.65. The molecule has 13 heteroatoms. The second-order valence-corrected chi connectivity index (χ2v) is 8.56. The number of rotatable bonds is 11. The van der Waals surface area contributed by atoms with Gasteiger partial charge in [-0.2, -0.15) is 0 Å². The van der Waals surface area contributed by atoms with Gasteiger partial charge in [0.05, 0.1) is 18.9 Å². The Labute approximate surface area is 200 Å². The lowest BCUT2D eigenvalue weighted by Gasteiger charge is -2.33. The average molecular weight is 488 g/mol. The second kappa shape index (κ2) is 11.1. The Bertz CT molecular complexity index is 1170. The molecule has 0 saturated carbocycles. The first-order chi connectivity index (χ1) is 16.9. The van der Waals surface area contributed by atoms with E-state index in [1.165, 1.54) is 6.07 Å². The SMILES string of the molecule is Cc1ccc(F)c(CNC(=O)c2cn(CCCCn3cc(NC(=O)CN4CC(F)C4)nn3)nn2)c1. The molecule has 1 aliphatic rings. The number of halogens is 2. The third kappa shape index (κ3) is 6.88. The maximum atomic E-state index is 13.8. The maximum Gasteiger partial charge on any atom is 0.273 e. The molecular weight excluding hydrogens is 460 g/mol. The number of amides is 2. The molecule has 0 unspecified atom stereocenters. The van der Waals surface area contributed by atoms with Crippen molar-refractivity contribution in [2.45, 2.75) is 45.6 Å². The van der Waals surface area contributed by atoms with Gasteiger partial charge in [-0.1, -0.05) is 28.1 Å². The number of hydrogen-bond donors (Lipinski definition) is 2. The van der Waals surface area contributed by atoms with Gasteiger partial charge < -0.3 is 10.6 Å². The predicted octanol–water partition coefficient (Wildman–Crippen LogP) is 1.32. The number of hydrogen-bond acceptors (Lipinski definition) is 7. The summed E-state index contributed by atoms with van der Waals surface area (Å²) >= 11 is 0. The summed E-state index contributed by atoms with van der Waals surface area (Å²) in [5.74, 6) is -0.693. The van der Waals surface area contributed by atoms with Crippen molar-refractivity contribution >= 4 is 17.6 Å². The van der Waals surface area contributed by atoms with E-state index in [0.29, 0.717) is 24.5 Å². The topological polar surface area (TPSA) is 123 Å². The van der Waals surface area contributed by atoms with Gasteiger partial charge in [0.2, 0.25) is 5.91 Å². The Morgan fingerprint density at radius 1 is 1.09 bits per heavy atom. The van der Waals surface area contributed by atoms with Crippen LogP contribution in [0.3, 0.4) is 0 Å². The number of nitrogens with zero attached hydrogens (tertiary/aromatic N) is 7. The first-order valence-corrected chi connectivity index (χ1v) is 11.4. The van der Waals surface area contributed by atoms with Crippen molar-refractivity contribution in [3.8, 4) is 0 Å². The Hall–Kier alpha value is -3.74. The summed E-state index contributed by atoms with van der Waals surface area (Å²) in [6.45, 7) is 3.76. The number of likely N-dealkylation sites (tertiary alicyclic amines) is 1. The minimum atomic E-state index is -0.847. The number of benzene rings is 1. The fourth-order valence-corrected chi connectivity index (χ4v) is 3.65. The molecule has 35 heavy (non-hydrogen) atoms. The molecular formula is C22H27F2N9O2. The molecule has 186 valence electrons. The van der Waals surface area contributed by atoms with E-state index in [1.54, 1.807) is 38.8 Å². The van der Waals surface area contributed by atoms with Gasteiger partial charge in [-0.15, -0.1) is 10.2 Å². The number of anilines is 1. The summed E-state index contributed by atoms with van der Waals surface area (Å²) < 4.78 is 29.8. The monoisotopic (exact) mass is 487 g/mol. The summed E-state index contributed by atoms with van der Waals surface area (Å²) in [5, 5.41) is 21.1. The highest BCUT2D eigenvalue weighted by Gasteiger charge is 2.27. The van der Waals surface area contributed by atoms with Crippen molar-refractivity contribution in [1.82, 2.24) is 40.2 Å². The summed E-state index contributed by atoms with van der Waals surface area (Å²) in [4.78, 5) is 25.9. The highest BCUT2D eigenvalue weighted by Crippen LogP contribution is 2.11. The highest BCUT2D eigenvalue weighted by atomic mass is 19.1. The number of nitrogens with one attached hydrogen (secondary N) is 2. The molecule has 2 N–H and O–H groups in total. The van der Waals surface area contributed by atoms with Crippen molar-refractivity contribution in [3.05, 3.63) is 53.2 Å². The Morgan fingerprint density at radius 2 is 1.80 bits per heavy atom. The van der Waals surface area contributed by atoms with E-state index in [1.807, 2.05) is 6.92 Å². The largest absolute Gasteiger partial charge is 0.346 e.